The molecule has 0 aliphatic heterocycles. The largest absolute Gasteiger partial charge is 0.494 e. The summed E-state index contributed by atoms with van der Waals surface area (Å²) in [5.41, 5.74) is 1.25. The van der Waals surface area contributed by atoms with Crippen LogP contribution in [0.2, 0.25) is 0 Å². The smallest absolute Gasteiger partial charge is 0.326 e. The second-order valence-corrected chi connectivity index (χ2v) is 4.63. The third-order valence-corrected chi connectivity index (χ3v) is 3.05. The van der Waals surface area contributed by atoms with Gasteiger partial charge in [0.2, 0.25) is 5.91 Å². The van der Waals surface area contributed by atoms with Crippen molar-refractivity contribution in [3.8, 4) is 5.75 Å². The number of hydrogen-bond donors (Lipinski definition) is 2. The zero-order valence-corrected chi connectivity index (χ0v) is 11.8. The van der Waals surface area contributed by atoms with Crippen molar-refractivity contribution in [3.05, 3.63) is 36.0 Å². The van der Waals surface area contributed by atoms with Crippen molar-refractivity contribution in [2.45, 2.75) is 19.4 Å². The number of aliphatic carboxylic acids is 1. The topological polar surface area (TPSA) is 88.5 Å². The molecule has 21 heavy (non-hydrogen) atoms. The average molecular weight is 288 g/mol. The van der Waals surface area contributed by atoms with Crippen molar-refractivity contribution in [1.82, 2.24) is 10.3 Å². The van der Waals surface area contributed by atoms with Crippen molar-refractivity contribution in [2.24, 2.45) is 0 Å². The number of para-hydroxylation sites is 1. The molecule has 2 rings (SSSR count). The molecule has 0 radical (unpaired) electrons. The molecule has 1 aromatic heterocycles. The number of rotatable bonds is 5. The lowest BCUT2D eigenvalue weighted by molar-refractivity contribution is -0.141. The number of fused-ring (bicyclic) bond motifs is 1. The second kappa shape index (κ2) is 6.21. The van der Waals surface area contributed by atoms with E-state index in [-0.39, 0.29) is 12.3 Å². The molecular weight excluding hydrogens is 272 g/mol. The first kappa shape index (κ1) is 14.8. The van der Waals surface area contributed by atoms with Crippen LogP contribution < -0.4 is 10.1 Å². The van der Waals surface area contributed by atoms with Gasteiger partial charge in [0.15, 0.2) is 0 Å². The van der Waals surface area contributed by atoms with Crippen LogP contribution in [0.15, 0.2) is 30.3 Å². The lowest BCUT2D eigenvalue weighted by Crippen LogP contribution is -2.41. The molecule has 2 N–H and O–H groups in total. The number of hydrogen-bond acceptors (Lipinski definition) is 4. The Morgan fingerprint density at radius 2 is 2.10 bits per heavy atom. The van der Waals surface area contributed by atoms with Crippen LogP contribution in [0, 0.1) is 0 Å². The van der Waals surface area contributed by atoms with Gasteiger partial charge in [-0.1, -0.05) is 18.2 Å². The van der Waals surface area contributed by atoms with Crippen molar-refractivity contribution >= 4 is 22.8 Å². The Balaban J connectivity index is 2.33. The van der Waals surface area contributed by atoms with Gasteiger partial charge in [0.05, 0.1) is 7.11 Å². The van der Waals surface area contributed by atoms with Gasteiger partial charge in [-0.3, -0.25) is 4.79 Å². The second-order valence-electron chi connectivity index (χ2n) is 4.63. The van der Waals surface area contributed by atoms with Crippen LogP contribution in [0.1, 0.15) is 12.6 Å². The van der Waals surface area contributed by atoms with E-state index >= 15 is 0 Å². The quantitative estimate of drug-likeness (QED) is 0.867. The van der Waals surface area contributed by atoms with Crippen LogP contribution in [0.4, 0.5) is 0 Å². The van der Waals surface area contributed by atoms with E-state index in [1.807, 2.05) is 18.2 Å². The van der Waals surface area contributed by atoms with Crippen LogP contribution in [0.3, 0.4) is 0 Å². The molecule has 0 aliphatic rings. The maximum Gasteiger partial charge on any atom is 0.326 e. The molecule has 0 saturated carbocycles. The number of pyridine rings is 1. The zero-order chi connectivity index (χ0) is 15.4. The Hall–Kier alpha value is -2.63. The van der Waals surface area contributed by atoms with Gasteiger partial charge in [-0.15, -0.1) is 0 Å². The van der Waals surface area contributed by atoms with Gasteiger partial charge in [0.25, 0.3) is 0 Å². The molecular formula is C15H16N2O4. The van der Waals surface area contributed by atoms with E-state index < -0.39 is 12.0 Å². The summed E-state index contributed by atoms with van der Waals surface area (Å²) in [7, 11) is 1.56. The lowest BCUT2D eigenvalue weighted by Gasteiger charge is -2.13. The standard InChI is InChI=1S/C15H16N2O4/c1-9(18)16-12(15(19)20)8-11-7-6-10-4-3-5-13(21-2)14(10)17-11/h3-7,12H,8H2,1-2H3,(H,16,18)(H,19,20). The third kappa shape index (κ3) is 3.47. The Labute approximate surface area is 121 Å². The maximum atomic E-state index is 11.2. The molecule has 0 bridgehead atoms. The van der Waals surface area contributed by atoms with Crippen molar-refractivity contribution in [3.63, 3.8) is 0 Å². The van der Waals surface area contributed by atoms with E-state index in [0.29, 0.717) is 17.0 Å². The maximum absolute atomic E-state index is 11.2. The Morgan fingerprint density at radius 3 is 2.71 bits per heavy atom. The molecule has 6 nitrogen and oxygen atoms in total. The van der Waals surface area contributed by atoms with Crippen molar-refractivity contribution in [2.75, 3.05) is 7.11 Å². The molecule has 6 heteroatoms. The number of aromatic nitrogens is 1. The predicted molar refractivity (Wildman–Crippen MR) is 77.2 cm³/mol. The van der Waals surface area contributed by atoms with Gasteiger partial charge >= 0.3 is 5.97 Å². The van der Waals surface area contributed by atoms with E-state index in [2.05, 4.69) is 10.3 Å². The summed E-state index contributed by atoms with van der Waals surface area (Å²) in [6.45, 7) is 1.28. The minimum Gasteiger partial charge on any atom is -0.494 e. The van der Waals surface area contributed by atoms with Gasteiger partial charge in [-0.2, -0.15) is 0 Å². The summed E-state index contributed by atoms with van der Waals surface area (Å²) in [5.74, 6) is -0.853. The SMILES string of the molecule is COc1cccc2ccc(CC(NC(C)=O)C(=O)O)nc12. The summed E-state index contributed by atoms with van der Waals surface area (Å²) in [6, 6.07) is 8.16. The van der Waals surface area contributed by atoms with Crippen molar-refractivity contribution < 1.29 is 19.4 Å². The first-order chi connectivity index (χ1) is 10.0. The molecule has 1 unspecified atom stereocenters. The van der Waals surface area contributed by atoms with Crippen molar-refractivity contribution in [1.29, 1.82) is 0 Å². The minimum atomic E-state index is -1.09. The fraction of sp³-hybridized carbons (Fsp3) is 0.267. The number of carboxylic acid groups (broad SMARTS) is 1. The normalized spacial score (nSPS) is 11.9. The van der Waals surface area contributed by atoms with Gasteiger partial charge in [0.1, 0.15) is 17.3 Å². The van der Waals surface area contributed by atoms with Gasteiger partial charge in [0, 0.05) is 24.4 Å². The van der Waals surface area contributed by atoms with E-state index in [9.17, 15) is 9.59 Å². The fourth-order valence-corrected chi connectivity index (χ4v) is 2.09. The highest BCUT2D eigenvalue weighted by Crippen LogP contribution is 2.23. The summed E-state index contributed by atoms with van der Waals surface area (Å²) in [4.78, 5) is 26.6. The number of carbonyl (C=O) groups excluding carboxylic acids is 1. The fourth-order valence-electron chi connectivity index (χ4n) is 2.09. The van der Waals surface area contributed by atoms with Gasteiger partial charge in [-0.25, -0.2) is 9.78 Å². The molecule has 1 amide bonds. The molecule has 1 atom stereocenters. The average Bonchev–Trinajstić information content (AvgIpc) is 2.45. The summed E-state index contributed by atoms with van der Waals surface area (Å²) in [5, 5.41) is 12.4. The third-order valence-electron chi connectivity index (χ3n) is 3.05. The van der Waals surface area contributed by atoms with E-state index in [4.69, 9.17) is 9.84 Å². The molecule has 1 aromatic carbocycles. The Kier molecular flexibility index (Phi) is 4.37. The van der Waals surface area contributed by atoms with Crippen LogP contribution in [0.25, 0.3) is 10.9 Å². The lowest BCUT2D eigenvalue weighted by atomic mass is 10.1. The van der Waals surface area contributed by atoms with E-state index in [0.717, 1.165) is 5.39 Å². The zero-order valence-electron chi connectivity index (χ0n) is 11.8. The number of nitrogens with zero attached hydrogens (tertiary/aromatic N) is 1. The summed E-state index contributed by atoms with van der Waals surface area (Å²) < 4.78 is 5.25. The molecule has 0 saturated heterocycles. The number of nitrogens with one attached hydrogen (secondary N) is 1. The molecule has 2 aromatic rings. The van der Waals surface area contributed by atoms with Crippen LogP contribution in [-0.4, -0.2) is 35.1 Å². The highest BCUT2D eigenvalue weighted by Gasteiger charge is 2.19. The highest BCUT2D eigenvalue weighted by atomic mass is 16.5. The number of benzene rings is 1. The minimum absolute atomic E-state index is 0.114. The molecule has 0 spiro atoms. The number of carboxylic acids is 1. The molecule has 110 valence electrons. The number of amides is 1. The molecule has 1 heterocycles. The van der Waals surface area contributed by atoms with Crippen LogP contribution in [-0.2, 0) is 16.0 Å². The van der Waals surface area contributed by atoms with E-state index in [1.165, 1.54) is 6.92 Å². The number of ether oxygens (including phenoxy) is 1. The van der Waals surface area contributed by atoms with E-state index in [1.54, 1.807) is 19.2 Å². The Morgan fingerprint density at radius 1 is 1.33 bits per heavy atom. The van der Waals surface area contributed by atoms with Crippen LogP contribution in [0.5, 0.6) is 5.75 Å². The first-order valence-corrected chi connectivity index (χ1v) is 6.44. The number of methoxy groups -OCH3 is 1. The molecule has 0 aliphatic carbocycles. The summed E-state index contributed by atoms with van der Waals surface area (Å²) >= 11 is 0. The van der Waals surface area contributed by atoms with Gasteiger partial charge < -0.3 is 15.2 Å². The predicted octanol–water partition coefficient (Wildman–Crippen LogP) is 1.38. The monoisotopic (exact) mass is 288 g/mol. The summed E-state index contributed by atoms with van der Waals surface area (Å²) in [6.07, 6.45) is 0.114. The van der Waals surface area contributed by atoms with Gasteiger partial charge in [-0.05, 0) is 12.1 Å². The highest BCUT2D eigenvalue weighted by molar-refractivity contribution is 5.85. The van der Waals surface area contributed by atoms with Crippen LogP contribution >= 0.6 is 0 Å². The molecule has 0 fully saturated rings. The number of carbonyl (C=O) groups is 2. The Bertz CT molecular complexity index is 684. The first-order valence-electron chi connectivity index (χ1n) is 6.44.